The van der Waals surface area contributed by atoms with Gasteiger partial charge < -0.3 is 9.13 Å². The third kappa shape index (κ3) is 5.33. The van der Waals surface area contributed by atoms with E-state index >= 15 is 0 Å². The molecule has 2 nitrogen and oxygen atoms in total. The van der Waals surface area contributed by atoms with Crippen molar-refractivity contribution in [2.24, 2.45) is 0 Å². The third-order valence-electron chi connectivity index (χ3n) is 11.1. The summed E-state index contributed by atoms with van der Waals surface area (Å²) in [6.07, 6.45) is 3.51. The summed E-state index contributed by atoms with van der Waals surface area (Å²) in [7, 11) is 0. The Balaban J connectivity index is 1.13. The third-order valence-corrected chi connectivity index (χ3v) is 11.1. The van der Waals surface area contributed by atoms with Crippen LogP contribution in [0.2, 0.25) is 0 Å². The molecule has 8 aromatic carbocycles. The summed E-state index contributed by atoms with van der Waals surface area (Å²) in [5, 5.41) is 5.03. The second-order valence-electron chi connectivity index (χ2n) is 14.4. The van der Waals surface area contributed by atoms with Gasteiger partial charge >= 0.3 is 0 Å². The van der Waals surface area contributed by atoms with Crippen LogP contribution in [0.5, 0.6) is 0 Å². The summed E-state index contributed by atoms with van der Waals surface area (Å²) in [6, 6.07) is 69.1. The van der Waals surface area contributed by atoms with Crippen LogP contribution in [0.4, 0.5) is 0 Å². The summed E-state index contributed by atoms with van der Waals surface area (Å²) in [5.74, 6) is 0. The van der Waals surface area contributed by atoms with Gasteiger partial charge in [-0.3, -0.25) is 0 Å². The highest BCUT2D eigenvalue weighted by Gasteiger charge is 2.19. The van der Waals surface area contributed by atoms with E-state index in [0.717, 1.165) is 6.42 Å². The molecule has 0 saturated heterocycles. The summed E-state index contributed by atoms with van der Waals surface area (Å²) in [4.78, 5) is 0. The molecule has 0 unspecified atom stereocenters. The predicted octanol–water partition coefficient (Wildman–Crippen LogP) is 14.2. The van der Waals surface area contributed by atoms with E-state index in [1.807, 2.05) is 0 Å². The zero-order valence-corrected chi connectivity index (χ0v) is 30.4. The first-order valence-corrected chi connectivity index (χ1v) is 19.2. The van der Waals surface area contributed by atoms with Crippen molar-refractivity contribution in [3.05, 3.63) is 194 Å². The molecule has 0 fully saturated rings. The number of para-hydroxylation sites is 4. The Hall–Kier alpha value is -6.64. The summed E-state index contributed by atoms with van der Waals surface area (Å²) < 4.78 is 4.90. The fourth-order valence-electron chi connectivity index (χ4n) is 8.54. The lowest BCUT2D eigenvalue weighted by Gasteiger charge is -2.15. The molecule has 258 valence electrons. The molecule has 2 aromatic heterocycles. The highest BCUT2D eigenvalue weighted by atomic mass is 15.0. The molecule has 10 aromatic rings. The number of unbranched alkanes of at least 4 members (excludes halogenated alkanes) is 1. The number of fused-ring (bicyclic) bond motifs is 6. The monoisotopic (exact) mass is 692 g/mol. The minimum atomic E-state index is 1.11. The van der Waals surface area contributed by atoms with E-state index in [9.17, 15) is 0 Å². The van der Waals surface area contributed by atoms with Gasteiger partial charge in [0.25, 0.3) is 0 Å². The van der Waals surface area contributed by atoms with Crippen molar-refractivity contribution >= 4 is 43.6 Å². The van der Waals surface area contributed by atoms with Crippen LogP contribution in [-0.4, -0.2) is 9.13 Å². The molecule has 10 rings (SSSR count). The van der Waals surface area contributed by atoms with E-state index in [0.29, 0.717) is 0 Å². The van der Waals surface area contributed by atoms with Crippen molar-refractivity contribution < 1.29 is 0 Å². The highest BCUT2D eigenvalue weighted by molar-refractivity contribution is 6.13. The minimum Gasteiger partial charge on any atom is -0.309 e. The molecule has 54 heavy (non-hydrogen) atoms. The lowest BCUT2D eigenvalue weighted by atomic mass is 9.99. The Morgan fingerprint density at radius 2 is 0.833 bits per heavy atom. The summed E-state index contributed by atoms with van der Waals surface area (Å²) in [6.45, 7) is 2.26. The zero-order valence-electron chi connectivity index (χ0n) is 30.4. The molecule has 0 N–H and O–H groups in total. The smallest absolute Gasteiger partial charge is 0.0541 e. The van der Waals surface area contributed by atoms with Gasteiger partial charge in [-0.2, -0.15) is 0 Å². The van der Waals surface area contributed by atoms with Crippen LogP contribution in [0.3, 0.4) is 0 Å². The van der Waals surface area contributed by atoms with E-state index < -0.39 is 0 Å². The van der Waals surface area contributed by atoms with E-state index in [1.54, 1.807) is 0 Å². The maximum atomic E-state index is 2.46. The largest absolute Gasteiger partial charge is 0.309 e. The van der Waals surface area contributed by atoms with Crippen LogP contribution in [0.15, 0.2) is 188 Å². The van der Waals surface area contributed by atoms with E-state index in [-0.39, 0.29) is 0 Å². The van der Waals surface area contributed by atoms with Crippen LogP contribution in [0.1, 0.15) is 25.3 Å². The molecule has 0 aliphatic carbocycles. The lowest BCUT2D eigenvalue weighted by molar-refractivity contribution is 0.795. The van der Waals surface area contributed by atoms with Gasteiger partial charge in [-0.15, -0.1) is 0 Å². The first-order chi connectivity index (χ1) is 26.8. The summed E-state index contributed by atoms with van der Waals surface area (Å²) in [5.41, 5.74) is 16.0. The average Bonchev–Trinajstić information content (AvgIpc) is 3.75. The fourth-order valence-corrected chi connectivity index (χ4v) is 8.54. The zero-order chi connectivity index (χ0) is 36.0. The number of hydrogen-bond donors (Lipinski definition) is 0. The molecule has 0 atom stereocenters. The number of rotatable bonds is 8. The molecule has 2 heterocycles. The normalized spacial score (nSPS) is 11.6. The van der Waals surface area contributed by atoms with E-state index in [4.69, 9.17) is 0 Å². The molecular formula is C52H40N2. The molecule has 0 bridgehead atoms. The van der Waals surface area contributed by atoms with Crippen LogP contribution in [0, 0.1) is 0 Å². The van der Waals surface area contributed by atoms with Gasteiger partial charge in [-0.05, 0) is 89.2 Å². The van der Waals surface area contributed by atoms with Gasteiger partial charge in [-0.1, -0.05) is 153 Å². The molecule has 0 spiro atoms. The molecule has 0 saturated carbocycles. The number of nitrogens with zero attached hydrogens (tertiary/aromatic N) is 2. The second kappa shape index (κ2) is 13.4. The lowest BCUT2D eigenvalue weighted by Crippen LogP contribution is -1.97. The number of aromatic nitrogens is 2. The molecular weight excluding hydrogens is 653 g/mol. The Bertz CT molecular complexity index is 2980. The average molecular weight is 693 g/mol. The van der Waals surface area contributed by atoms with Crippen LogP contribution in [0.25, 0.3) is 88.4 Å². The van der Waals surface area contributed by atoms with Crippen LogP contribution in [-0.2, 0) is 6.42 Å². The van der Waals surface area contributed by atoms with Gasteiger partial charge in [0, 0.05) is 32.7 Å². The van der Waals surface area contributed by atoms with E-state index in [2.05, 4.69) is 204 Å². The van der Waals surface area contributed by atoms with Crippen molar-refractivity contribution in [3.63, 3.8) is 0 Å². The van der Waals surface area contributed by atoms with Gasteiger partial charge in [0.05, 0.1) is 33.4 Å². The van der Waals surface area contributed by atoms with Crippen molar-refractivity contribution in [3.8, 4) is 44.8 Å². The molecule has 0 amide bonds. The SMILES string of the molecule is CCCCc1cccc(-c2ccccc2-n2c3ccccc3c3cc(-c4ccc5c(c4)c4ccccc4n5-c4ccccc4-c4ccccc4)ccc32)c1. The van der Waals surface area contributed by atoms with Crippen LogP contribution < -0.4 is 0 Å². The van der Waals surface area contributed by atoms with Crippen molar-refractivity contribution in [1.82, 2.24) is 9.13 Å². The topological polar surface area (TPSA) is 9.86 Å². The maximum Gasteiger partial charge on any atom is 0.0541 e. The predicted molar refractivity (Wildman–Crippen MR) is 230 cm³/mol. The Morgan fingerprint density at radius 3 is 1.43 bits per heavy atom. The quantitative estimate of drug-likeness (QED) is 0.150. The standard InChI is InChI=1S/C52H40N2/c1-2-3-16-36-17-15-20-40(33-36)42-22-8-12-26-48(42)54-50-28-14-10-24-44(50)46-35-39(30-32-52(46)54)38-29-31-51-45(34-38)43-23-9-13-27-49(43)53(51)47-25-11-7-21-41(47)37-18-5-4-6-19-37/h4-15,17-35H,2-3,16H2,1H3. The van der Waals surface area contributed by atoms with Crippen molar-refractivity contribution in [2.75, 3.05) is 0 Å². The van der Waals surface area contributed by atoms with E-state index in [1.165, 1.54) is 107 Å². The Kier molecular flexibility index (Phi) is 7.95. The number of hydrogen-bond acceptors (Lipinski definition) is 0. The number of benzene rings is 8. The molecule has 0 aliphatic rings. The molecule has 0 aliphatic heterocycles. The van der Waals surface area contributed by atoms with Crippen molar-refractivity contribution in [2.45, 2.75) is 26.2 Å². The molecule has 0 radical (unpaired) electrons. The van der Waals surface area contributed by atoms with Crippen molar-refractivity contribution in [1.29, 1.82) is 0 Å². The van der Waals surface area contributed by atoms with Gasteiger partial charge in [-0.25, -0.2) is 0 Å². The van der Waals surface area contributed by atoms with Crippen LogP contribution >= 0.6 is 0 Å². The first kappa shape index (κ1) is 32.0. The second-order valence-corrected chi connectivity index (χ2v) is 14.4. The van der Waals surface area contributed by atoms with Gasteiger partial charge in [0.2, 0.25) is 0 Å². The summed E-state index contributed by atoms with van der Waals surface area (Å²) >= 11 is 0. The minimum absolute atomic E-state index is 1.11. The van der Waals surface area contributed by atoms with Gasteiger partial charge in [0.15, 0.2) is 0 Å². The van der Waals surface area contributed by atoms with Gasteiger partial charge in [0.1, 0.15) is 0 Å². The molecule has 2 heteroatoms. The highest BCUT2D eigenvalue weighted by Crippen LogP contribution is 2.41. The Labute approximate surface area is 316 Å². The maximum absolute atomic E-state index is 2.46. The number of aryl methyl sites for hydroxylation is 1. The first-order valence-electron chi connectivity index (χ1n) is 19.2. The Morgan fingerprint density at radius 1 is 0.352 bits per heavy atom. The fraction of sp³-hybridized carbons (Fsp3) is 0.0769.